The Labute approximate surface area is 143 Å². The fraction of sp³-hybridized carbons (Fsp3) is 0.385. The van der Waals surface area contributed by atoms with Gasteiger partial charge in [0.05, 0.1) is 19.8 Å². The number of halogens is 4. The zero-order valence-corrected chi connectivity index (χ0v) is 13.8. The minimum atomic E-state index is -4.74. The molecule has 0 bridgehead atoms. The summed E-state index contributed by atoms with van der Waals surface area (Å²) >= 11 is 2.99. The Morgan fingerprint density at radius 1 is 1.29 bits per heavy atom. The van der Waals surface area contributed by atoms with Crippen molar-refractivity contribution in [2.45, 2.75) is 12.7 Å². The highest BCUT2D eigenvalue weighted by Crippen LogP contribution is 2.24. The van der Waals surface area contributed by atoms with Crippen LogP contribution in [0.15, 0.2) is 34.3 Å². The summed E-state index contributed by atoms with van der Waals surface area (Å²) in [6.07, 6.45) is -5.20. The second-order valence-corrected chi connectivity index (χ2v) is 5.28. The fourth-order valence-electron chi connectivity index (χ4n) is 1.75. The van der Waals surface area contributed by atoms with Crippen molar-refractivity contribution >= 4 is 32.3 Å². The van der Waals surface area contributed by atoms with Gasteiger partial charge in [-0.2, -0.15) is 4.99 Å². The summed E-state index contributed by atoms with van der Waals surface area (Å²) in [6.45, 7) is 1.18. The smallest absolute Gasteiger partial charge is 0.406 e. The average molecular weight is 411 g/mol. The van der Waals surface area contributed by atoms with E-state index in [0.29, 0.717) is 18.9 Å². The summed E-state index contributed by atoms with van der Waals surface area (Å²) in [5, 5.41) is 2.83. The Bertz CT molecular complexity index is 597. The minimum absolute atomic E-state index is 0.0824. The average Bonchev–Trinajstić information content (AvgIpc) is 2.98. The third-order valence-corrected chi connectivity index (χ3v) is 2.82. The van der Waals surface area contributed by atoms with Crippen LogP contribution in [0.1, 0.15) is 0 Å². The number of nitrogens with zero attached hydrogens (tertiary/aromatic N) is 2. The van der Waals surface area contributed by atoms with E-state index in [1.807, 2.05) is 0 Å². The predicted molar refractivity (Wildman–Crippen MR) is 85.3 cm³/mol. The van der Waals surface area contributed by atoms with Gasteiger partial charge >= 0.3 is 6.36 Å². The first kappa shape index (κ1) is 18.5. The Hall–Kier alpha value is -1.85. The van der Waals surface area contributed by atoms with Gasteiger partial charge in [-0.1, -0.05) is 0 Å². The lowest BCUT2D eigenvalue weighted by Gasteiger charge is -2.11. The Morgan fingerprint density at radius 3 is 2.46 bits per heavy atom. The molecule has 0 aliphatic carbocycles. The monoisotopic (exact) mass is 410 g/mol. The van der Waals surface area contributed by atoms with Gasteiger partial charge in [0.15, 0.2) is 11.0 Å². The summed E-state index contributed by atoms with van der Waals surface area (Å²) in [7, 11) is 0. The molecule has 1 saturated heterocycles. The van der Waals surface area contributed by atoms with Crippen LogP contribution in [0, 0.1) is 0 Å². The molecule has 1 aromatic rings. The van der Waals surface area contributed by atoms with Crippen molar-refractivity contribution in [3.8, 4) is 5.75 Å². The molecule has 1 aliphatic heterocycles. The van der Waals surface area contributed by atoms with Gasteiger partial charge < -0.3 is 25.3 Å². The first-order chi connectivity index (χ1) is 11.3. The molecule has 0 radical (unpaired) electrons. The van der Waals surface area contributed by atoms with Crippen molar-refractivity contribution in [2.24, 2.45) is 15.7 Å². The van der Waals surface area contributed by atoms with Crippen LogP contribution in [-0.2, 0) is 9.47 Å². The third-order valence-electron chi connectivity index (χ3n) is 2.64. The van der Waals surface area contributed by atoms with Gasteiger partial charge in [-0.25, -0.2) is 4.99 Å². The van der Waals surface area contributed by atoms with E-state index >= 15 is 0 Å². The molecule has 0 spiro atoms. The lowest BCUT2D eigenvalue weighted by atomic mass is 10.3. The summed E-state index contributed by atoms with van der Waals surface area (Å²) < 4.78 is 50.8. The van der Waals surface area contributed by atoms with Gasteiger partial charge in [0.25, 0.3) is 0 Å². The maximum absolute atomic E-state index is 12.1. The summed E-state index contributed by atoms with van der Waals surface area (Å²) in [6, 6.07) is 5.11. The van der Waals surface area contributed by atoms with Crippen LogP contribution >= 0.6 is 15.9 Å². The molecule has 1 fully saturated rings. The molecule has 1 aromatic carbocycles. The van der Waals surface area contributed by atoms with E-state index in [4.69, 9.17) is 15.2 Å². The standard InChI is InChI=1S/C13H14BrF3N4O3/c14-11(18)21-12(19-7-10-22-5-6-23-10)20-8-1-3-9(4-2-8)24-13(15,16)17/h1-4,10H,5-7H2,(H3,18,19,20,21). The van der Waals surface area contributed by atoms with Crippen molar-refractivity contribution in [3.05, 3.63) is 24.3 Å². The molecule has 132 valence electrons. The molecular formula is C13H14BrF3N4O3. The zero-order chi connectivity index (χ0) is 17.6. The number of ether oxygens (including phenoxy) is 3. The molecule has 0 saturated carbocycles. The van der Waals surface area contributed by atoms with Crippen LogP contribution < -0.4 is 15.8 Å². The van der Waals surface area contributed by atoms with Gasteiger partial charge in [-0.05, 0) is 40.2 Å². The number of aliphatic imine (C=N–C) groups is 2. The number of nitrogens with two attached hydrogens (primary N) is 1. The third kappa shape index (κ3) is 6.72. The SMILES string of the molecule is NC(Br)=NC(=NCC1OCCO1)Nc1ccc(OC(F)(F)F)cc1. The molecule has 11 heteroatoms. The quantitative estimate of drug-likeness (QED) is 0.451. The first-order valence-corrected chi connectivity index (χ1v) is 7.51. The molecule has 0 atom stereocenters. The highest BCUT2D eigenvalue weighted by molar-refractivity contribution is 9.18. The molecule has 1 aliphatic rings. The van der Waals surface area contributed by atoms with Gasteiger partial charge in [0.2, 0.25) is 5.96 Å². The van der Waals surface area contributed by atoms with E-state index in [9.17, 15) is 13.2 Å². The number of amidine groups is 1. The maximum atomic E-state index is 12.1. The maximum Gasteiger partial charge on any atom is 0.573 e. The Kier molecular flexibility index (Phi) is 6.40. The number of hydrogen-bond donors (Lipinski definition) is 2. The number of rotatable bonds is 4. The summed E-state index contributed by atoms with van der Waals surface area (Å²) in [5.41, 5.74) is 5.92. The summed E-state index contributed by atoms with van der Waals surface area (Å²) in [4.78, 5) is 8.11. The highest BCUT2D eigenvalue weighted by atomic mass is 79.9. The fourth-order valence-corrected chi connectivity index (χ4v) is 1.91. The lowest BCUT2D eigenvalue weighted by molar-refractivity contribution is -0.274. The Balaban J connectivity index is 2.02. The number of alkyl halides is 3. The molecule has 1 heterocycles. The zero-order valence-electron chi connectivity index (χ0n) is 12.2. The topological polar surface area (TPSA) is 90.5 Å². The van der Waals surface area contributed by atoms with E-state index in [1.54, 1.807) is 0 Å². The van der Waals surface area contributed by atoms with E-state index < -0.39 is 12.7 Å². The van der Waals surface area contributed by atoms with Crippen LogP contribution in [0.3, 0.4) is 0 Å². The number of benzene rings is 1. The largest absolute Gasteiger partial charge is 0.573 e. The number of nitrogens with one attached hydrogen (secondary N) is 1. The second kappa shape index (κ2) is 8.31. The number of anilines is 1. The van der Waals surface area contributed by atoms with E-state index in [2.05, 4.69) is 36.0 Å². The van der Waals surface area contributed by atoms with Crippen LogP contribution in [-0.4, -0.2) is 43.1 Å². The van der Waals surface area contributed by atoms with E-state index in [-0.39, 0.29) is 23.0 Å². The van der Waals surface area contributed by atoms with Crippen molar-refractivity contribution in [2.75, 3.05) is 25.1 Å². The minimum Gasteiger partial charge on any atom is -0.406 e. The molecule has 0 unspecified atom stereocenters. The predicted octanol–water partition coefficient (Wildman–Crippen LogP) is 2.44. The molecular weight excluding hydrogens is 397 g/mol. The van der Waals surface area contributed by atoms with E-state index in [1.165, 1.54) is 12.1 Å². The second-order valence-electron chi connectivity index (χ2n) is 4.47. The molecule has 0 amide bonds. The highest BCUT2D eigenvalue weighted by Gasteiger charge is 2.30. The van der Waals surface area contributed by atoms with Crippen molar-refractivity contribution < 1.29 is 27.4 Å². The van der Waals surface area contributed by atoms with Gasteiger partial charge in [-0.3, -0.25) is 0 Å². The number of hydrogen-bond acceptors (Lipinski definition) is 4. The first-order valence-electron chi connectivity index (χ1n) is 6.72. The van der Waals surface area contributed by atoms with Gasteiger partial charge in [0, 0.05) is 5.69 Å². The van der Waals surface area contributed by atoms with Gasteiger partial charge in [-0.15, -0.1) is 13.2 Å². The molecule has 3 N–H and O–H groups in total. The molecule has 24 heavy (non-hydrogen) atoms. The van der Waals surface area contributed by atoms with E-state index in [0.717, 1.165) is 12.1 Å². The van der Waals surface area contributed by atoms with Crippen molar-refractivity contribution in [3.63, 3.8) is 0 Å². The summed E-state index contributed by atoms with van der Waals surface area (Å²) in [5.74, 6) is -0.184. The van der Waals surface area contributed by atoms with Gasteiger partial charge in [0.1, 0.15) is 5.75 Å². The van der Waals surface area contributed by atoms with Crippen molar-refractivity contribution in [1.82, 2.24) is 0 Å². The Morgan fingerprint density at radius 2 is 1.92 bits per heavy atom. The van der Waals surface area contributed by atoms with Crippen molar-refractivity contribution in [1.29, 1.82) is 0 Å². The lowest BCUT2D eigenvalue weighted by Crippen LogP contribution is -2.19. The normalized spacial score (nSPS) is 17.2. The van der Waals surface area contributed by atoms with Crippen LogP contribution in [0.2, 0.25) is 0 Å². The number of guanidine groups is 1. The molecule has 7 nitrogen and oxygen atoms in total. The van der Waals surface area contributed by atoms with Crippen LogP contribution in [0.25, 0.3) is 0 Å². The van der Waals surface area contributed by atoms with Crippen LogP contribution in [0.4, 0.5) is 18.9 Å². The molecule has 0 aromatic heterocycles. The van der Waals surface area contributed by atoms with Crippen LogP contribution in [0.5, 0.6) is 5.75 Å². The molecule has 2 rings (SSSR count).